The molecule has 74 valence electrons. The molecular formula is C6H5N3O5. The van der Waals surface area contributed by atoms with Crippen LogP contribution in [0.25, 0.3) is 0 Å². The second-order valence-corrected chi connectivity index (χ2v) is 2.70. The van der Waals surface area contributed by atoms with E-state index in [1.54, 1.807) is 0 Å². The van der Waals surface area contributed by atoms with Crippen molar-refractivity contribution in [3.8, 4) is 0 Å². The molecule has 1 saturated heterocycles. The van der Waals surface area contributed by atoms with Crippen molar-refractivity contribution >= 4 is 23.8 Å². The average molecular weight is 199 g/mol. The van der Waals surface area contributed by atoms with Crippen molar-refractivity contribution in [1.82, 2.24) is 4.90 Å². The van der Waals surface area contributed by atoms with Crippen LogP contribution in [0.2, 0.25) is 0 Å². The van der Waals surface area contributed by atoms with Crippen molar-refractivity contribution in [3.05, 3.63) is 0 Å². The molecular weight excluding hydrogens is 194 g/mol. The Hall–Kier alpha value is -2.12. The molecule has 0 radical (unpaired) electrons. The van der Waals surface area contributed by atoms with E-state index < -0.39 is 23.8 Å². The predicted octanol–water partition coefficient (Wildman–Crippen LogP) is -2.47. The average Bonchev–Trinajstić information content (AvgIpc) is 2.50. The van der Waals surface area contributed by atoms with Gasteiger partial charge < -0.3 is 15.2 Å². The highest BCUT2D eigenvalue weighted by molar-refractivity contribution is 6.32. The molecule has 8 heteroatoms. The van der Waals surface area contributed by atoms with Crippen LogP contribution in [0.5, 0.6) is 0 Å². The van der Waals surface area contributed by atoms with E-state index in [0.29, 0.717) is 0 Å². The van der Waals surface area contributed by atoms with Crippen molar-refractivity contribution in [2.75, 3.05) is 7.05 Å². The Kier molecular flexibility index (Phi) is 1.34. The minimum absolute atomic E-state index is 0.183. The lowest BCUT2D eigenvalue weighted by molar-refractivity contribution is -0.215. The van der Waals surface area contributed by atoms with E-state index in [1.165, 1.54) is 7.05 Å². The third kappa shape index (κ3) is 0.767. The molecule has 0 saturated carbocycles. The van der Waals surface area contributed by atoms with Crippen LogP contribution in [-0.4, -0.2) is 41.7 Å². The highest BCUT2D eigenvalue weighted by Gasteiger charge is 2.62. The number of hydrogen-bond donors (Lipinski definition) is 1. The number of aliphatic imine (C=N–C) groups is 1. The van der Waals surface area contributed by atoms with Crippen molar-refractivity contribution in [3.63, 3.8) is 0 Å². The molecule has 0 aliphatic carbocycles. The molecule has 2 aliphatic rings. The topological polar surface area (TPSA) is 111 Å². The van der Waals surface area contributed by atoms with Gasteiger partial charge in [0.2, 0.25) is 5.96 Å². The number of esters is 2. The molecule has 1 spiro atoms. The number of rotatable bonds is 0. The Morgan fingerprint density at radius 2 is 1.79 bits per heavy atom. The van der Waals surface area contributed by atoms with Gasteiger partial charge in [0.1, 0.15) is 0 Å². The zero-order valence-corrected chi connectivity index (χ0v) is 7.01. The van der Waals surface area contributed by atoms with Gasteiger partial charge in [0.25, 0.3) is 0 Å². The van der Waals surface area contributed by atoms with Crippen molar-refractivity contribution < 1.29 is 23.9 Å². The summed E-state index contributed by atoms with van der Waals surface area (Å²) in [5.74, 6) is -5.71. The SMILES string of the molecule is CN1C(N)=NC(=O)C12OC(=O)C(=O)O2. The third-order valence-electron chi connectivity index (χ3n) is 1.90. The van der Waals surface area contributed by atoms with Gasteiger partial charge in [-0.2, -0.15) is 4.99 Å². The quantitative estimate of drug-likeness (QED) is 0.339. The first-order valence-electron chi connectivity index (χ1n) is 3.56. The van der Waals surface area contributed by atoms with Crippen LogP contribution in [0.15, 0.2) is 4.99 Å². The standard InChI is InChI=1S/C6H5N3O5/c1-9-5(7)8-4(12)6(9)13-2(10)3(11)14-6/h1H3,(H2,7,8,12). The molecule has 0 aromatic rings. The normalized spacial score (nSPS) is 23.9. The monoisotopic (exact) mass is 199 g/mol. The maximum atomic E-state index is 11.2. The predicted molar refractivity (Wildman–Crippen MR) is 39.3 cm³/mol. The van der Waals surface area contributed by atoms with Gasteiger partial charge in [0.05, 0.1) is 0 Å². The zero-order chi connectivity index (χ0) is 10.5. The van der Waals surface area contributed by atoms with E-state index in [-0.39, 0.29) is 5.96 Å². The summed E-state index contributed by atoms with van der Waals surface area (Å²) in [6.07, 6.45) is 0. The molecule has 14 heavy (non-hydrogen) atoms. The Labute approximate surface area is 77.3 Å². The van der Waals surface area contributed by atoms with E-state index in [0.717, 1.165) is 4.90 Å². The van der Waals surface area contributed by atoms with Gasteiger partial charge in [-0.05, 0) is 0 Å². The summed E-state index contributed by atoms with van der Waals surface area (Å²) in [7, 11) is 1.32. The summed E-state index contributed by atoms with van der Waals surface area (Å²) in [5, 5.41) is 0. The van der Waals surface area contributed by atoms with Crippen LogP contribution in [0.1, 0.15) is 0 Å². The highest BCUT2D eigenvalue weighted by atomic mass is 16.8. The molecule has 2 aliphatic heterocycles. The summed E-state index contributed by atoms with van der Waals surface area (Å²) in [5.41, 5.74) is 5.29. The van der Waals surface area contributed by atoms with Crippen LogP contribution >= 0.6 is 0 Å². The molecule has 0 aromatic carbocycles. The van der Waals surface area contributed by atoms with Crippen LogP contribution in [0.3, 0.4) is 0 Å². The number of hydrogen-bond acceptors (Lipinski definition) is 7. The largest absolute Gasteiger partial charge is 0.432 e. The van der Waals surface area contributed by atoms with Gasteiger partial charge in [0.15, 0.2) is 0 Å². The second kappa shape index (κ2) is 2.22. The number of likely N-dealkylation sites (N-methyl/N-ethyl adjacent to an activating group) is 1. The minimum atomic E-state index is -2.11. The number of nitrogens with two attached hydrogens (primary N) is 1. The van der Waals surface area contributed by atoms with Crippen LogP contribution < -0.4 is 5.73 Å². The first kappa shape index (κ1) is 8.48. The number of ether oxygens (including phenoxy) is 2. The van der Waals surface area contributed by atoms with Gasteiger partial charge in [-0.15, -0.1) is 0 Å². The lowest BCUT2D eigenvalue weighted by atomic mass is 10.4. The molecule has 0 atom stereocenters. The van der Waals surface area contributed by atoms with Crippen LogP contribution in [-0.2, 0) is 23.9 Å². The molecule has 8 nitrogen and oxygen atoms in total. The molecule has 1 fully saturated rings. The Balaban J connectivity index is 2.41. The maximum Gasteiger partial charge on any atom is 0.432 e. The number of amides is 1. The fraction of sp³-hybridized carbons (Fsp3) is 0.333. The van der Waals surface area contributed by atoms with Crippen molar-refractivity contribution in [2.45, 2.75) is 5.91 Å². The van der Waals surface area contributed by atoms with Crippen LogP contribution in [0.4, 0.5) is 0 Å². The Bertz CT molecular complexity index is 371. The fourth-order valence-electron chi connectivity index (χ4n) is 1.12. The van der Waals surface area contributed by atoms with Gasteiger partial charge in [0, 0.05) is 7.05 Å². The number of carbonyl (C=O) groups is 3. The Morgan fingerprint density at radius 3 is 2.14 bits per heavy atom. The molecule has 2 heterocycles. The van der Waals surface area contributed by atoms with E-state index in [1.807, 2.05) is 0 Å². The van der Waals surface area contributed by atoms with Gasteiger partial charge in [-0.1, -0.05) is 0 Å². The van der Waals surface area contributed by atoms with E-state index in [2.05, 4.69) is 14.5 Å². The van der Waals surface area contributed by atoms with Crippen molar-refractivity contribution in [1.29, 1.82) is 0 Å². The summed E-state index contributed by atoms with van der Waals surface area (Å²) in [4.78, 5) is 37.0. The van der Waals surface area contributed by atoms with Gasteiger partial charge >= 0.3 is 23.8 Å². The molecule has 1 amide bonds. The number of guanidine groups is 1. The van der Waals surface area contributed by atoms with E-state index in [4.69, 9.17) is 5.73 Å². The molecule has 2 N–H and O–H groups in total. The lowest BCUT2D eigenvalue weighted by Gasteiger charge is -2.25. The van der Waals surface area contributed by atoms with E-state index in [9.17, 15) is 14.4 Å². The first-order chi connectivity index (χ1) is 6.47. The number of nitrogens with zero attached hydrogens (tertiary/aromatic N) is 2. The molecule has 0 bridgehead atoms. The summed E-state index contributed by atoms with van der Waals surface area (Å²) < 4.78 is 8.98. The zero-order valence-electron chi connectivity index (χ0n) is 7.01. The maximum absolute atomic E-state index is 11.2. The minimum Gasteiger partial charge on any atom is -0.387 e. The third-order valence-corrected chi connectivity index (χ3v) is 1.90. The number of carbonyl (C=O) groups excluding carboxylic acids is 3. The summed E-state index contributed by atoms with van der Waals surface area (Å²) in [6, 6.07) is 0. The lowest BCUT2D eigenvalue weighted by Crippen LogP contribution is -2.52. The van der Waals surface area contributed by atoms with Crippen LogP contribution in [0, 0.1) is 0 Å². The van der Waals surface area contributed by atoms with Gasteiger partial charge in [-0.3, -0.25) is 9.69 Å². The van der Waals surface area contributed by atoms with E-state index >= 15 is 0 Å². The second-order valence-electron chi connectivity index (χ2n) is 2.70. The molecule has 0 unspecified atom stereocenters. The highest BCUT2D eigenvalue weighted by Crippen LogP contribution is 2.29. The molecule has 2 rings (SSSR count). The first-order valence-corrected chi connectivity index (χ1v) is 3.56. The fourth-order valence-corrected chi connectivity index (χ4v) is 1.12. The van der Waals surface area contributed by atoms with Crippen molar-refractivity contribution in [2.24, 2.45) is 10.7 Å². The summed E-state index contributed by atoms with van der Waals surface area (Å²) in [6.45, 7) is 0. The smallest absolute Gasteiger partial charge is 0.387 e. The summed E-state index contributed by atoms with van der Waals surface area (Å²) >= 11 is 0. The molecule has 0 aromatic heterocycles. The Morgan fingerprint density at radius 1 is 1.29 bits per heavy atom. The van der Waals surface area contributed by atoms with Gasteiger partial charge in [-0.25, -0.2) is 9.59 Å².